The van der Waals surface area contributed by atoms with E-state index >= 15 is 0 Å². The molecule has 4 rings (SSSR count). The second-order valence-electron chi connectivity index (χ2n) is 7.10. The number of amides is 1. The van der Waals surface area contributed by atoms with E-state index in [1.165, 1.54) is 0 Å². The maximum atomic E-state index is 12.9. The van der Waals surface area contributed by atoms with E-state index in [2.05, 4.69) is 9.88 Å². The molecule has 2 aliphatic heterocycles. The normalized spacial score (nSPS) is 30.2. The van der Waals surface area contributed by atoms with Gasteiger partial charge in [0.25, 0.3) is 0 Å². The molecule has 2 saturated heterocycles. The second kappa shape index (κ2) is 7.81. The predicted molar refractivity (Wildman–Crippen MR) is 90.8 cm³/mol. The lowest BCUT2D eigenvalue weighted by molar-refractivity contribution is -0.158. The molecule has 0 N–H and O–H groups in total. The van der Waals surface area contributed by atoms with E-state index < -0.39 is 0 Å². The Morgan fingerprint density at radius 2 is 1.96 bits per heavy atom. The first kappa shape index (κ1) is 16.9. The first-order valence-corrected chi connectivity index (χ1v) is 9.33. The van der Waals surface area contributed by atoms with E-state index in [0.717, 1.165) is 31.2 Å². The number of carbonyl (C=O) groups excluding carboxylic acids is 1. The van der Waals surface area contributed by atoms with Gasteiger partial charge in [0, 0.05) is 38.1 Å². The predicted octanol–water partition coefficient (Wildman–Crippen LogP) is 1.78. The Balaban J connectivity index is 1.37. The molecule has 0 aromatic carbocycles. The summed E-state index contributed by atoms with van der Waals surface area (Å²) in [6.45, 7) is 3.27. The van der Waals surface area contributed by atoms with Crippen molar-refractivity contribution >= 4 is 5.91 Å². The third-order valence-electron chi connectivity index (χ3n) is 5.60. The second-order valence-corrected chi connectivity index (χ2v) is 7.10. The van der Waals surface area contributed by atoms with Crippen LogP contribution in [0.2, 0.25) is 0 Å². The number of ether oxygens (including phenoxy) is 3. The van der Waals surface area contributed by atoms with Crippen molar-refractivity contribution in [3.05, 3.63) is 30.1 Å². The lowest BCUT2D eigenvalue weighted by atomic mass is 9.97. The van der Waals surface area contributed by atoms with Crippen LogP contribution in [0.1, 0.15) is 31.2 Å². The van der Waals surface area contributed by atoms with Crippen LogP contribution in [0.25, 0.3) is 0 Å². The number of hydrogen-bond acceptors (Lipinski definition) is 5. The molecule has 3 fully saturated rings. The van der Waals surface area contributed by atoms with Crippen molar-refractivity contribution in [3.8, 4) is 0 Å². The van der Waals surface area contributed by atoms with Crippen LogP contribution in [0.15, 0.2) is 24.5 Å². The van der Waals surface area contributed by atoms with Gasteiger partial charge in [-0.25, -0.2) is 0 Å². The summed E-state index contributed by atoms with van der Waals surface area (Å²) in [5, 5.41) is 0. The number of pyridine rings is 1. The van der Waals surface area contributed by atoms with Crippen LogP contribution in [-0.4, -0.2) is 60.4 Å². The summed E-state index contributed by atoms with van der Waals surface area (Å²) in [6.07, 6.45) is 7.20. The van der Waals surface area contributed by atoms with E-state index in [9.17, 15) is 4.79 Å². The van der Waals surface area contributed by atoms with Gasteiger partial charge in [0.1, 0.15) is 6.10 Å². The standard InChI is InChI=1S/C19H26N2O4/c22-19(15-5-10-23-11-6-15)21-9-12-24-18-16(21)1-2-17(18)25-13-14-3-7-20-8-4-14/h3-4,7-8,15-18H,1-2,5-6,9-13H2/t16-,17-,18-/m0/s1. The average molecular weight is 346 g/mol. The molecule has 6 nitrogen and oxygen atoms in total. The van der Waals surface area contributed by atoms with Gasteiger partial charge in [-0.2, -0.15) is 0 Å². The zero-order valence-electron chi connectivity index (χ0n) is 14.5. The first-order valence-electron chi connectivity index (χ1n) is 9.33. The molecule has 1 aromatic heterocycles. The Kier molecular flexibility index (Phi) is 5.29. The van der Waals surface area contributed by atoms with Crippen molar-refractivity contribution in [3.63, 3.8) is 0 Å². The summed E-state index contributed by atoms with van der Waals surface area (Å²) in [5.41, 5.74) is 1.12. The molecular formula is C19H26N2O4. The van der Waals surface area contributed by atoms with Gasteiger partial charge in [0.15, 0.2) is 0 Å². The fourth-order valence-corrected chi connectivity index (χ4v) is 4.23. The highest BCUT2D eigenvalue weighted by Crippen LogP contribution is 2.34. The minimum atomic E-state index is -0.000576. The Morgan fingerprint density at radius 3 is 2.76 bits per heavy atom. The Hall–Kier alpha value is -1.50. The third kappa shape index (κ3) is 3.71. The summed E-state index contributed by atoms with van der Waals surface area (Å²) >= 11 is 0. The van der Waals surface area contributed by atoms with Gasteiger partial charge in [-0.05, 0) is 43.4 Å². The van der Waals surface area contributed by atoms with Gasteiger partial charge < -0.3 is 19.1 Å². The molecule has 3 atom stereocenters. The van der Waals surface area contributed by atoms with E-state index in [1.54, 1.807) is 12.4 Å². The lowest BCUT2D eigenvalue weighted by Crippen LogP contribution is -2.55. The smallest absolute Gasteiger partial charge is 0.226 e. The van der Waals surface area contributed by atoms with Gasteiger partial charge in [-0.3, -0.25) is 9.78 Å². The Labute approximate surface area is 148 Å². The van der Waals surface area contributed by atoms with Gasteiger partial charge in [-0.1, -0.05) is 0 Å². The van der Waals surface area contributed by atoms with Crippen LogP contribution in [0.4, 0.5) is 0 Å². The van der Waals surface area contributed by atoms with E-state index in [0.29, 0.717) is 33.0 Å². The van der Waals surface area contributed by atoms with Crippen molar-refractivity contribution in [2.45, 2.75) is 50.5 Å². The van der Waals surface area contributed by atoms with Crippen LogP contribution in [0.3, 0.4) is 0 Å². The summed E-state index contributed by atoms with van der Waals surface area (Å²) < 4.78 is 17.5. The minimum absolute atomic E-state index is 0.000576. The number of nitrogens with zero attached hydrogens (tertiary/aromatic N) is 2. The topological polar surface area (TPSA) is 60.9 Å². The number of rotatable bonds is 4. The minimum Gasteiger partial charge on any atom is -0.381 e. The zero-order chi connectivity index (χ0) is 17.1. The van der Waals surface area contributed by atoms with Crippen molar-refractivity contribution < 1.29 is 19.0 Å². The number of aromatic nitrogens is 1. The van der Waals surface area contributed by atoms with Gasteiger partial charge in [0.2, 0.25) is 5.91 Å². The van der Waals surface area contributed by atoms with E-state index in [1.807, 2.05) is 12.1 Å². The monoisotopic (exact) mass is 346 g/mol. The molecule has 3 aliphatic rings. The van der Waals surface area contributed by atoms with E-state index in [-0.39, 0.29) is 30.1 Å². The summed E-state index contributed by atoms with van der Waals surface area (Å²) in [6, 6.07) is 4.09. The van der Waals surface area contributed by atoms with Crippen LogP contribution >= 0.6 is 0 Å². The maximum Gasteiger partial charge on any atom is 0.226 e. The molecule has 136 valence electrons. The van der Waals surface area contributed by atoms with Crippen LogP contribution < -0.4 is 0 Å². The molecule has 6 heteroatoms. The molecule has 25 heavy (non-hydrogen) atoms. The molecular weight excluding hydrogens is 320 g/mol. The summed E-state index contributed by atoms with van der Waals surface area (Å²) in [4.78, 5) is 19.0. The van der Waals surface area contributed by atoms with Crippen LogP contribution in [0, 0.1) is 5.92 Å². The van der Waals surface area contributed by atoms with Crippen LogP contribution in [0.5, 0.6) is 0 Å². The summed E-state index contributed by atoms with van der Waals surface area (Å²) in [5.74, 6) is 0.403. The fraction of sp³-hybridized carbons (Fsp3) is 0.684. The molecule has 1 aromatic rings. The summed E-state index contributed by atoms with van der Waals surface area (Å²) in [7, 11) is 0. The van der Waals surface area contributed by atoms with Crippen molar-refractivity contribution in [2.24, 2.45) is 5.92 Å². The molecule has 1 amide bonds. The maximum absolute atomic E-state index is 12.9. The van der Waals surface area contributed by atoms with Crippen molar-refractivity contribution in [1.29, 1.82) is 0 Å². The molecule has 3 heterocycles. The number of fused-ring (bicyclic) bond motifs is 1. The number of carbonyl (C=O) groups is 1. The van der Waals surface area contributed by atoms with Crippen LogP contribution in [-0.2, 0) is 25.6 Å². The van der Waals surface area contributed by atoms with E-state index in [4.69, 9.17) is 14.2 Å². The molecule has 0 radical (unpaired) electrons. The van der Waals surface area contributed by atoms with Gasteiger partial charge >= 0.3 is 0 Å². The first-order chi connectivity index (χ1) is 12.3. The molecule has 0 bridgehead atoms. The Morgan fingerprint density at radius 1 is 1.16 bits per heavy atom. The zero-order valence-corrected chi connectivity index (χ0v) is 14.5. The molecule has 0 spiro atoms. The van der Waals surface area contributed by atoms with Crippen molar-refractivity contribution in [2.75, 3.05) is 26.4 Å². The van der Waals surface area contributed by atoms with Crippen molar-refractivity contribution in [1.82, 2.24) is 9.88 Å². The number of hydrogen-bond donors (Lipinski definition) is 0. The molecule has 1 aliphatic carbocycles. The van der Waals surface area contributed by atoms with Gasteiger partial charge in [-0.15, -0.1) is 0 Å². The SMILES string of the molecule is O=C(C1CCOCC1)N1CCO[C@@H]2[C@@H](OCc3ccncc3)CC[C@@H]21. The molecule has 1 saturated carbocycles. The highest BCUT2D eigenvalue weighted by atomic mass is 16.5. The molecule has 0 unspecified atom stereocenters. The number of morpholine rings is 1. The van der Waals surface area contributed by atoms with Gasteiger partial charge in [0.05, 0.1) is 25.4 Å². The highest BCUT2D eigenvalue weighted by molar-refractivity contribution is 5.79. The fourth-order valence-electron chi connectivity index (χ4n) is 4.23. The largest absolute Gasteiger partial charge is 0.381 e. The average Bonchev–Trinajstić information content (AvgIpc) is 3.10. The third-order valence-corrected chi connectivity index (χ3v) is 5.60. The highest BCUT2D eigenvalue weighted by Gasteiger charge is 2.46. The quantitative estimate of drug-likeness (QED) is 0.832. The Bertz CT molecular complexity index is 576. The lowest BCUT2D eigenvalue weighted by Gasteiger charge is -2.41.